The largest absolute Gasteiger partial charge is 0.0862 e. The molecule has 0 saturated carbocycles. The van der Waals surface area contributed by atoms with Crippen LogP contribution in [-0.2, 0) is 0 Å². The molecular weight excluding hydrogens is 186 g/mol. The molecule has 0 aromatic heterocycles. The van der Waals surface area contributed by atoms with Crippen molar-refractivity contribution in [3.8, 4) is 0 Å². The first kappa shape index (κ1) is 9.56. The molecule has 0 aliphatic rings. The van der Waals surface area contributed by atoms with Gasteiger partial charge >= 0.3 is 0 Å². The molecule has 15 heavy (non-hydrogen) atoms. The van der Waals surface area contributed by atoms with Crippen molar-refractivity contribution < 1.29 is 0 Å². The maximum absolute atomic E-state index is 8.37. The van der Waals surface area contributed by atoms with Gasteiger partial charge in [0.2, 0.25) is 0 Å². The number of hydrogen-bond acceptors (Lipinski definition) is 1. The molecule has 3 nitrogen and oxygen atoms in total. The van der Waals surface area contributed by atoms with Crippen LogP contribution < -0.4 is 0 Å². The molecule has 2 aromatic carbocycles. The zero-order valence-electron chi connectivity index (χ0n) is 8.46. The molecule has 0 heterocycles. The van der Waals surface area contributed by atoms with Crippen molar-refractivity contribution in [2.24, 2.45) is 5.11 Å². The van der Waals surface area contributed by atoms with Gasteiger partial charge in [0.1, 0.15) is 0 Å². The Labute approximate surface area is 88.0 Å². The van der Waals surface area contributed by atoms with Crippen LogP contribution in [0.3, 0.4) is 0 Å². The molecular formula is C12H11N3. The first-order valence-electron chi connectivity index (χ1n) is 4.84. The van der Waals surface area contributed by atoms with Crippen LogP contribution in [0.15, 0.2) is 47.6 Å². The summed E-state index contributed by atoms with van der Waals surface area (Å²) in [5.74, 6) is 0. The van der Waals surface area contributed by atoms with Gasteiger partial charge in [-0.15, -0.1) is 0 Å². The summed E-state index contributed by atoms with van der Waals surface area (Å²) in [6.07, 6.45) is 0. The van der Waals surface area contributed by atoms with Gasteiger partial charge in [-0.3, -0.25) is 0 Å². The Kier molecular flexibility index (Phi) is 2.57. The van der Waals surface area contributed by atoms with E-state index in [1.807, 2.05) is 31.2 Å². The summed E-state index contributed by atoms with van der Waals surface area (Å²) in [4.78, 5) is 2.82. The normalized spacial score (nSPS) is 12.1. The summed E-state index contributed by atoms with van der Waals surface area (Å²) < 4.78 is 0. The van der Waals surface area contributed by atoms with E-state index < -0.39 is 0 Å². The minimum absolute atomic E-state index is 0.111. The molecule has 2 rings (SSSR count). The average Bonchev–Trinajstić information content (AvgIpc) is 2.29. The molecule has 0 aliphatic carbocycles. The summed E-state index contributed by atoms with van der Waals surface area (Å²) >= 11 is 0. The molecule has 0 radical (unpaired) electrons. The smallest absolute Gasteiger partial charge is 0.0597 e. The van der Waals surface area contributed by atoms with Crippen molar-refractivity contribution in [3.63, 3.8) is 0 Å². The fourth-order valence-corrected chi connectivity index (χ4v) is 1.61. The summed E-state index contributed by atoms with van der Waals surface area (Å²) in [7, 11) is 0. The van der Waals surface area contributed by atoms with Gasteiger partial charge < -0.3 is 0 Å². The van der Waals surface area contributed by atoms with Crippen LogP contribution in [0, 0.1) is 0 Å². The molecule has 0 bridgehead atoms. The molecule has 0 unspecified atom stereocenters. The van der Waals surface area contributed by atoms with Crippen LogP contribution in [0.2, 0.25) is 0 Å². The number of nitrogens with zero attached hydrogens (tertiary/aromatic N) is 3. The van der Waals surface area contributed by atoms with Gasteiger partial charge in [0.05, 0.1) is 6.04 Å². The second-order valence-corrected chi connectivity index (χ2v) is 3.49. The quantitative estimate of drug-likeness (QED) is 0.393. The van der Waals surface area contributed by atoms with Gasteiger partial charge in [-0.25, -0.2) is 0 Å². The highest BCUT2D eigenvalue weighted by Gasteiger charge is 2.02. The Bertz CT molecular complexity index is 527. The Hall–Kier alpha value is -1.99. The minimum Gasteiger partial charge on any atom is -0.0862 e. The van der Waals surface area contributed by atoms with Gasteiger partial charge in [0.15, 0.2) is 0 Å². The molecule has 0 aliphatic heterocycles. The van der Waals surface area contributed by atoms with Crippen molar-refractivity contribution >= 4 is 10.8 Å². The molecule has 1 atom stereocenters. The fourth-order valence-electron chi connectivity index (χ4n) is 1.61. The Balaban J connectivity index is 2.51. The molecule has 74 valence electrons. The number of benzene rings is 2. The van der Waals surface area contributed by atoms with E-state index in [9.17, 15) is 0 Å². The molecule has 0 N–H and O–H groups in total. The van der Waals surface area contributed by atoms with Crippen molar-refractivity contribution in [1.29, 1.82) is 0 Å². The lowest BCUT2D eigenvalue weighted by Crippen LogP contribution is -1.87. The topological polar surface area (TPSA) is 48.8 Å². The van der Waals surface area contributed by atoms with E-state index in [1.54, 1.807) is 0 Å². The zero-order chi connectivity index (χ0) is 10.7. The first-order valence-corrected chi connectivity index (χ1v) is 4.84. The van der Waals surface area contributed by atoms with E-state index in [0.29, 0.717) is 0 Å². The third-order valence-corrected chi connectivity index (χ3v) is 2.48. The second kappa shape index (κ2) is 4.03. The average molecular weight is 197 g/mol. The predicted octanol–water partition coefficient (Wildman–Crippen LogP) is 4.21. The van der Waals surface area contributed by atoms with Crippen molar-refractivity contribution in [3.05, 3.63) is 58.5 Å². The van der Waals surface area contributed by atoms with Crippen LogP contribution >= 0.6 is 0 Å². The summed E-state index contributed by atoms with van der Waals surface area (Å²) in [5, 5.41) is 6.06. The maximum Gasteiger partial charge on any atom is 0.0597 e. The van der Waals surface area contributed by atoms with Crippen LogP contribution in [-0.4, -0.2) is 0 Å². The highest BCUT2D eigenvalue weighted by molar-refractivity contribution is 5.83. The Morgan fingerprint density at radius 1 is 1.13 bits per heavy atom. The minimum atomic E-state index is -0.111. The molecule has 0 amide bonds. The van der Waals surface area contributed by atoms with Crippen LogP contribution in [0.4, 0.5) is 0 Å². The second-order valence-electron chi connectivity index (χ2n) is 3.49. The van der Waals surface area contributed by atoms with Crippen LogP contribution in [0.25, 0.3) is 21.2 Å². The van der Waals surface area contributed by atoms with Crippen LogP contribution in [0.5, 0.6) is 0 Å². The van der Waals surface area contributed by atoms with E-state index in [0.717, 1.165) is 5.56 Å². The summed E-state index contributed by atoms with van der Waals surface area (Å²) in [6.45, 7) is 1.89. The number of hydrogen-bond donors (Lipinski definition) is 0. The van der Waals surface area contributed by atoms with E-state index in [2.05, 4.69) is 28.2 Å². The van der Waals surface area contributed by atoms with Crippen molar-refractivity contribution in [1.82, 2.24) is 0 Å². The zero-order valence-corrected chi connectivity index (χ0v) is 8.46. The van der Waals surface area contributed by atoms with E-state index in [-0.39, 0.29) is 6.04 Å². The van der Waals surface area contributed by atoms with Gasteiger partial charge in [-0.2, -0.15) is 0 Å². The lowest BCUT2D eigenvalue weighted by molar-refractivity contribution is 0.809. The number of rotatable bonds is 2. The van der Waals surface area contributed by atoms with Gasteiger partial charge in [0.25, 0.3) is 0 Å². The Morgan fingerprint density at radius 2 is 1.87 bits per heavy atom. The summed E-state index contributed by atoms with van der Waals surface area (Å²) in [6, 6.07) is 14.1. The van der Waals surface area contributed by atoms with E-state index >= 15 is 0 Å². The third kappa shape index (κ3) is 1.92. The van der Waals surface area contributed by atoms with E-state index in [1.165, 1.54) is 10.8 Å². The fraction of sp³-hybridized carbons (Fsp3) is 0.167. The predicted molar refractivity (Wildman–Crippen MR) is 61.5 cm³/mol. The first-order chi connectivity index (χ1) is 7.31. The lowest BCUT2D eigenvalue weighted by atomic mass is 10.0. The van der Waals surface area contributed by atoms with Gasteiger partial charge in [-0.1, -0.05) is 54.5 Å². The monoisotopic (exact) mass is 197 g/mol. The number of fused-ring (bicyclic) bond motifs is 1. The van der Waals surface area contributed by atoms with Gasteiger partial charge in [0, 0.05) is 4.91 Å². The van der Waals surface area contributed by atoms with Crippen LogP contribution in [0.1, 0.15) is 18.5 Å². The lowest BCUT2D eigenvalue weighted by Gasteiger charge is -2.06. The highest BCUT2D eigenvalue weighted by atomic mass is 15.1. The highest BCUT2D eigenvalue weighted by Crippen LogP contribution is 2.22. The third-order valence-electron chi connectivity index (χ3n) is 2.48. The van der Waals surface area contributed by atoms with E-state index in [4.69, 9.17) is 5.53 Å². The summed E-state index contributed by atoms with van der Waals surface area (Å²) in [5.41, 5.74) is 9.42. The standard InChI is InChI=1S/C12H11N3/c1-9(14-15-13)11-7-6-10-4-2-3-5-12(10)8-11/h2-9H,1H3/t9-/m0/s1. The molecule has 0 spiro atoms. The van der Waals surface area contributed by atoms with Crippen molar-refractivity contribution in [2.75, 3.05) is 0 Å². The molecule has 3 heteroatoms. The SMILES string of the molecule is C[C@H](N=[N+]=[N-])c1ccc2ccccc2c1. The number of azide groups is 1. The molecule has 2 aromatic rings. The molecule has 0 saturated heterocycles. The molecule has 0 fully saturated rings. The van der Waals surface area contributed by atoms with Gasteiger partial charge in [-0.05, 0) is 21.9 Å². The maximum atomic E-state index is 8.37. The van der Waals surface area contributed by atoms with Crippen molar-refractivity contribution in [2.45, 2.75) is 13.0 Å². The Morgan fingerprint density at radius 3 is 2.60 bits per heavy atom.